The average Bonchev–Trinajstić information content (AvgIpc) is 3.06. The zero-order valence-electron chi connectivity index (χ0n) is 14.4. The molecule has 1 unspecified atom stereocenters. The average molecular weight is 444 g/mol. The molecule has 0 nitrogen and oxygen atoms in total. The quantitative estimate of drug-likeness (QED) is 0.332. The largest absolute Gasteiger partial charge is 4.00 e. The Hall–Kier alpha value is -0.279. The van der Waals surface area contributed by atoms with Crippen LogP contribution in [0.4, 0.5) is 0 Å². The van der Waals surface area contributed by atoms with Crippen molar-refractivity contribution in [3.63, 3.8) is 0 Å². The first-order valence-corrected chi connectivity index (χ1v) is 10.4. The molecule has 0 saturated carbocycles. The van der Waals surface area contributed by atoms with Gasteiger partial charge in [-0.3, -0.25) is 6.08 Å². The minimum absolute atomic E-state index is 0. The summed E-state index contributed by atoms with van der Waals surface area (Å²) in [5.41, 5.74) is 2.75. The number of halogens is 3. The fraction of sp³-hybridized carbons (Fsp3) is 0.200. The summed E-state index contributed by atoms with van der Waals surface area (Å²) in [6.45, 7) is 4.81. The predicted octanol–water partition coefficient (Wildman–Crippen LogP) is -4.24. The Kier molecular flexibility index (Phi) is 13.1. The SMILES string of the molecule is CC[Si](C)(C1=[C-]CC=C1c1ccccc1)c1ccccc1.[Cl-].[Cl-].[Cl-].[Ti+4]. The van der Waals surface area contributed by atoms with Gasteiger partial charge in [-0.05, 0) is 0 Å². The molecule has 0 fully saturated rings. The van der Waals surface area contributed by atoms with E-state index in [-0.39, 0.29) is 58.9 Å². The molecule has 0 bridgehead atoms. The number of rotatable bonds is 4. The molecular formula is C20H21Cl3SiTi. The minimum Gasteiger partial charge on any atom is -1.00 e. The van der Waals surface area contributed by atoms with Crippen molar-refractivity contribution >= 4 is 18.8 Å². The monoisotopic (exact) mass is 442 g/mol. The summed E-state index contributed by atoms with van der Waals surface area (Å²) >= 11 is 0. The van der Waals surface area contributed by atoms with Crippen LogP contribution in [0.25, 0.3) is 5.57 Å². The minimum atomic E-state index is -1.68. The molecule has 130 valence electrons. The van der Waals surface area contributed by atoms with Gasteiger partial charge in [0.25, 0.3) is 0 Å². The van der Waals surface area contributed by atoms with E-state index in [1.54, 1.807) is 0 Å². The zero-order chi connectivity index (χ0) is 14.7. The van der Waals surface area contributed by atoms with Gasteiger partial charge in [0, 0.05) is 0 Å². The first-order valence-electron chi connectivity index (χ1n) is 7.68. The van der Waals surface area contributed by atoms with Gasteiger partial charge in [-0.15, -0.1) is 12.0 Å². The maximum Gasteiger partial charge on any atom is 4.00 e. The maximum atomic E-state index is 3.68. The van der Waals surface area contributed by atoms with E-state index in [1.165, 1.54) is 27.6 Å². The molecule has 2 aromatic rings. The van der Waals surface area contributed by atoms with Gasteiger partial charge in [-0.1, -0.05) is 85.4 Å². The van der Waals surface area contributed by atoms with Gasteiger partial charge in [0.05, 0.1) is 8.07 Å². The van der Waals surface area contributed by atoms with Crippen LogP contribution in [0.1, 0.15) is 18.9 Å². The van der Waals surface area contributed by atoms with E-state index in [0.29, 0.717) is 0 Å². The van der Waals surface area contributed by atoms with Crippen LogP contribution in [-0.2, 0) is 21.7 Å². The van der Waals surface area contributed by atoms with Gasteiger partial charge in [0.15, 0.2) is 0 Å². The number of hydrogen-bond donors (Lipinski definition) is 0. The Labute approximate surface area is 186 Å². The summed E-state index contributed by atoms with van der Waals surface area (Å²) in [4.78, 5) is 0. The summed E-state index contributed by atoms with van der Waals surface area (Å²) < 4.78 is 0. The Balaban J connectivity index is 0. The van der Waals surface area contributed by atoms with Crippen LogP contribution in [-0.4, -0.2) is 8.07 Å². The number of benzene rings is 2. The van der Waals surface area contributed by atoms with Gasteiger partial charge < -0.3 is 37.2 Å². The van der Waals surface area contributed by atoms with Crippen LogP contribution in [0.3, 0.4) is 0 Å². The van der Waals surface area contributed by atoms with E-state index < -0.39 is 8.07 Å². The van der Waals surface area contributed by atoms with Crippen LogP contribution < -0.4 is 42.4 Å². The predicted molar refractivity (Wildman–Crippen MR) is 94.0 cm³/mol. The molecule has 0 amide bonds. The van der Waals surface area contributed by atoms with Crippen LogP contribution in [0.5, 0.6) is 0 Å². The summed E-state index contributed by atoms with van der Waals surface area (Å²) in [6, 6.07) is 23.0. The Morgan fingerprint density at radius 1 is 0.880 bits per heavy atom. The standard InChI is InChI=1S/C20H21Si.3ClH.Ti/c1-3-21(2,18-13-8-5-9-14-18)20-16-10-15-19(20)17-11-6-4-7-12-17;;;;/h4-9,11-15H,3,10H2,1-2H3;3*1H;/q-1;;;;+4/p-3. The van der Waals surface area contributed by atoms with Crippen molar-refractivity contribution in [3.05, 3.63) is 83.6 Å². The van der Waals surface area contributed by atoms with E-state index in [2.05, 4.69) is 86.3 Å². The topological polar surface area (TPSA) is 0 Å². The van der Waals surface area contributed by atoms with Crippen molar-refractivity contribution in [1.82, 2.24) is 0 Å². The molecule has 2 aromatic carbocycles. The third-order valence-corrected chi connectivity index (χ3v) is 9.18. The molecular weight excluding hydrogens is 423 g/mol. The van der Waals surface area contributed by atoms with Crippen molar-refractivity contribution in [2.45, 2.75) is 25.9 Å². The summed E-state index contributed by atoms with van der Waals surface area (Å²) in [5.74, 6) is 0. The second-order valence-corrected chi connectivity index (χ2v) is 10.2. The van der Waals surface area contributed by atoms with Crippen molar-refractivity contribution in [2.75, 3.05) is 0 Å². The fourth-order valence-corrected chi connectivity index (χ4v) is 6.47. The van der Waals surface area contributed by atoms with Gasteiger partial charge in [0.1, 0.15) is 0 Å². The zero-order valence-corrected chi connectivity index (χ0v) is 19.2. The Bertz CT molecular complexity index is 687. The smallest absolute Gasteiger partial charge is 1.00 e. The normalized spacial score (nSPS) is 14.3. The van der Waals surface area contributed by atoms with E-state index in [4.69, 9.17) is 0 Å². The van der Waals surface area contributed by atoms with Crippen molar-refractivity contribution in [3.8, 4) is 0 Å². The second kappa shape index (κ2) is 12.2. The molecule has 1 atom stereocenters. The van der Waals surface area contributed by atoms with Crippen molar-refractivity contribution in [1.29, 1.82) is 0 Å². The van der Waals surface area contributed by atoms with Crippen LogP contribution >= 0.6 is 0 Å². The van der Waals surface area contributed by atoms with Crippen molar-refractivity contribution < 1.29 is 58.9 Å². The molecule has 0 radical (unpaired) electrons. The molecule has 0 saturated heterocycles. The molecule has 3 rings (SSSR count). The second-order valence-electron chi connectivity index (χ2n) is 5.79. The van der Waals surface area contributed by atoms with Gasteiger partial charge in [-0.2, -0.15) is 11.6 Å². The molecule has 25 heavy (non-hydrogen) atoms. The summed E-state index contributed by atoms with van der Waals surface area (Å²) in [5, 5.41) is 3.00. The molecule has 0 heterocycles. The first-order chi connectivity index (χ1) is 10.3. The summed E-state index contributed by atoms with van der Waals surface area (Å²) in [7, 11) is -1.68. The number of allylic oxidation sites excluding steroid dienone is 4. The maximum absolute atomic E-state index is 3.68. The third-order valence-electron chi connectivity index (χ3n) is 4.61. The Morgan fingerprint density at radius 2 is 1.40 bits per heavy atom. The van der Waals surface area contributed by atoms with Crippen molar-refractivity contribution in [2.24, 2.45) is 0 Å². The number of hydrogen-bond acceptors (Lipinski definition) is 0. The van der Waals surface area contributed by atoms with E-state index in [1.807, 2.05) is 0 Å². The molecule has 1 aliphatic carbocycles. The Morgan fingerprint density at radius 3 is 1.92 bits per heavy atom. The molecule has 0 aliphatic heterocycles. The fourth-order valence-electron chi connectivity index (χ4n) is 3.16. The van der Waals surface area contributed by atoms with Crippen LogP contribution in [0.15, 0.2) is 71.9 Å². The van der Waals surface area contributed by atoms with Crippen LogP contribution in [0, 0.1) is 6.08 Å². The van der Waals surface area contributed by atoms with Gasteiger partial charge in [0.2, 0.25) is 0 Å². The van der Waals surface area contributed by atoms with Crippen LogP contribution in [0.2, 0.25) is 12.6 Å². The molecule has 0 aromatic heterocycles. The van der Waals surface area contributed by atoms with Gasteiger partial charge >= 0.3 is 21.7 Å². The molecule has 1 aliphatic rings. The van der Waals surface area contributed by atoms with E-state index in [0.717, 1.165) is 6.42 Å². The summed E-state index contributed by atoms with van der Waals surface area (Å²) in [6.07, 6.45) is 6.98. The van der Waals surface area contributed by atoms with E-state index >= 15 is 0 Å². The molecule has 0 N–H and O–H groups in total. The van der Waals surface area contributed by atoms with E-state index in [9.17, 15) is 0 Å². The van der Waals surface area contributed by atoms with Gasteiger partial charge in [-0.25, -0.2) is 5.20 Å². The third kappa shape index (κ3) is 5.60. The first kappa shape index (κ1) is 26.9. The molecule has 5 heteroatoms. The molecule has 0 spiro atoms.